The Labute approximate surface area is 192 Å². The van der Waals surface area contributed by atoms with Gasteiger partial charge in [-0.1, -0.05) is 18.2 Å². The van der Waals surface area contributed by atoms with Crippen LogP contribution in [0.3, 0.4) is 0 Å². The predicted octanol–water partition coefficient (Wildman–Crippen LogP) is 4.52. The van der Waals surface area contributed by atoms with Crippen molar-refractivity contribution in [2.45, 2.75) is 25.7 Å². The van der Waals surface area contributed by atoms with Crippen LogP contribution in [0.15, 0.2) is 61.1 Å². The van der Waals surface area contributed by atoms with Gasteiger partial charge in [-0.25, -0.2) is 19.7 Å². The zero-order valence-corrected chi connectivity index (χ0v) is 18.7. The summed E-state index contributed by atoms with van der Waals surface area (Å²) in [5, 5.41) is 2.91. The average Bonchev–Trinajstić information content (AvgIpc) is 3.25. The number of aryl methyl sites for hydroxylation is 1. The number of carbonyl (C=O) groups is 1. The number of nitrogens with zero attached hydrogens (tertiary/aromatic N) is 5. The maximum atomic E-state index is 12.9. The van der Waals surface area contributed by atoms with Crippen molar-refractivity contribution in [3.8, 4) is 17.0 Å². The van der Waals surface area contributed by atoms with Crippen molar-refractivity contribution < 1.29 is 9.53 Å². The van der Waals surface area contributed by atoms with Crippen molar-refractivity contribution in [2.24, 2.45) is 0 Å². The molecule has 0 aliphatic carbocycles. The first-order chi connectivity index (χ1) is 16.1. The smallest absolute Gasteiger partial charge is 0.321 e. The number of likely N-dealkylation sites (tertiary alicyclic amines) is 1. The fraction of sp³-hybridized carbons (Fsp3) is 0.280. The van der Waals surface area contributed by atoms with Crippen LogP contribution in [-0.4, -0.2) is 50.5 Å². The van der Waals surface area contributed by atoms with Crippen molar-refractivity contribution >= 4 is 17.2 Å². The number of fused-ring (bicyclic) bond motifs is 1. The third-order valence-corrected chi connectivity index (χ3v) is 6.02. The fourth-order valence-corrected chi connectivity index (χ4v) is 4.36. The van der Waals surface area contributed by atoms with E-state index in [9.17, 15) is 4.79 Å². The Bertz CT molecular complexity index is 1280. The molecule has 8 heteroatoms. The zero-order valence-electron chi connectivity index (χ0n) is 18.7. The van der Waals surface area contributed by atoms with E-state index in [-0.39, 0.29) is 11.9 Å². The number of benzene rings is 1. The number of hydrogen-bond donors (Lipinski definition) is 1. The first kappa shape index (κ1) is 20.9. The van der Waals surface area contributed by atoms with Gasteiger partial charge >= 0.3 is 6.03 Å². The highest BCUT2D eigenvalue weighted by molar-refractivity contribution is 5.89. The molecule has 2 amide bonds. The molecule has 1 aliphatic rings. The van der Waals surface area contributed by atoms with Crippen LogP contribution >= 0.6 is 0 Å². The standard InChI is InChI=1S/C25H26N6O2/c1-17-26-14-20(15-27-17)28-25(32)30-11-6-8-19(16-30)24-29-23(22-10-3-4-12-31(22)24)18-7-5-9-21(13-18)33-2/h3-5,7,9-10,12-15,19H,6,8,11,16H2,1-2H3,(H,28,32)/t19-/m1/s1. The molecule has 0 saturated carbocycles. The highest BCUT2D eigenvalue weighted by Crippen LogP contribution is 2.33. The number of nitrogens with one attached hydrogen (secondary N) is 1. The van der Waals surface area contributed by atoms with Crippen LogP contribution in [0, 0.1) is 6.92 Å². The summed E-state index contributed by atoms with van der Waals surface area (Å²) >= 11 is 0. The van der Waals surface area contributed by atoms with E-state index >= 15 is 0 Å². The molecule has 168 valence electrons. The Hall–Kier alpha value is -3.94. The molecule has 0 spiro atoms. The molecule has 1 atom stereocenters. The molecule has 0 unspecified atom stereocenters. The highest BCUT2D eigenvalue weighted by atomic mass is 16.5. The number of carbonyl (C=O) groups excluding carboxylic acids is 1. The van der Waals surface area contributed by atoms with E-state index in [0.29, 0.717) is 24.6 Å². The van der Waals surface area contributed by atoms with Crippen molar-refractivity contribution in [3.63, 3.8) is 0 Å². The maximum absolute atomic E-state index is 12.9. The van der Waals surface area contributed by atoms with Gasteiger partial charge in [0.2, 0.25) is 0 Å². The summed E-state index contributed by atoms with van der Waals surface area (Å²) in [4.78, 5) is 28.1. The van der Waals surface area contributed by atoms with Gasteiger partial charge in [0.1, 0.15) is 17.4 Å². The van der Waals surface area contributed by atoms with Crippen LogP contribution in [0.4, 0.5) is 10.5 Å². The first-order valence-corrected chi connectivity index (χ1v) is 11.1. The summed E-state index contributed by atoms with van der Waals surface area (Å²) in [6.07, 6.45) is 7.19. The molecule has 1 aliphatic heterocycles. The molecule has 33 heavy (non-hydrogen) atoms. The number of piperidine rings is 1. The third-order valence-electron chi connectivity index (χ3n) is 6.02. The molecule has 0 radical (unpaired) electrons. The van der Waals surface area contributed by atoms with E-state index in [0.717, 1.165) is 41.2 Å². The summed E-state index contributed by atoms with van der Waals surface area (Å²) in [5.41, 5.74) is 3.57. The maximum Gasteiger partial charge on any atom is 0.321 e. The van der Waals surface area contributed by atoms with Crippen LogP contribution in [0.25, 0.3) is 16.8 Å². The van der Waals surface area contributed by atoms with E-state index in [1.54, 1.807) is 19.5 Å². The quantitative estimate of drug-likeness (QED) is 0.502. The lowest BCUT2D eigenvalue weighted by Gasteiger charge is -2.32. The monoisotopic (exact) mass is 442 g/mol. The number of rotatable bonds is 4. The SMILES string of the molecule is COc1cccc(-c2nc([C@@H]3CCCN(C(=O)Nc4cnc(C)nc4)C3)n3ccccc23)c1. The number of aromatic nitrogens is 4. The number of anilines is 1. The van der Waals surface area contributed by atoms with E-state index in [4.69, 9.17) is 9.72 Å². The summed E-state index contributed by atoms with van der Waals surface area (Å²) < 4.78 is 7.56. The molecule has 5 rings (SSSR count). The third kappa shape index (κ3) is 4.24. The number of amides is 2. The zero-order chi connectivity index (χ0) is 22.8. The van der Waals surface area contributed by atoms with Crippen LogP contribution in [0.5, 0.6) is 5.75 Å². The van der Waals surface area contributed by atoms with Crippen molar-refractivity contribution in [1.82, 2.24) is 24.3 Å². The average molecular weight is 443 g/mol. The van der Waals surface area contributed by atoms with Gasteiger partial charge in [0.25, 0.3) is 0 Å². The number of ether oxygens (including phenoxy) is 1. The van der Waals surface area contributed by atoms with Gasteiger partial charge in [0.15, 0.2) is 0 Å². The van der Waals surface area contributed by atoms with Gasteiger partial charge in [-0.3, -0.25) is 0 Å². The van der Waals surface area contributed by atoms with E-state index in [1.807, 2.05) is 54.4 Å². The lowest BCUT2D eigenvalue weighted by Crippen LogP contribution is -2.42. The highest BCUT2D eigenvalue weighted by Gasteiger charge is 2.28. The van der Waals surface area contributed by atoms with Crippen LogP contribution in [0.1, 0.15) is 30.4 Å². The summed E-state index contributed by atoms with van der Waals surface area (Å²) in [6.45, 7) is 3.13. The summed E-state index contributed by atoms with van der Waals surface area (Å²) in [7, 11) is 1.67. The molecule has 1 fully saturated rings. The molecule has 8 nitrogen and oxygen atoms in total. The van der Waals surface area contributed by atoms with Crippen LogP contribution in [0.2, 0.25) is 0 Å². The normalized spacial score (nSPS) is 16.1. The lowest BCUT2D eigenvalue weighted by atomic mass is 9.97. The van der Waals surface area contributed by atoms with E-state index in [2.05, 4.69) is 25.8 Å². The largest absolute Gasteiger partial charge is 0.497 e. The fourth-order valence-electron chi connectivity index (χ4n) is 4.36. The number of pyridine rings is 1. The van der Waals surface area contributed by atoms with Gasteiger partial charge in [-0.15, -0.1) is 0 Å². The molecule has 1 aromatic carbocycles. The van der Waals surface area contributed by atoms with Crippen LogP contribution < -0.4 is 10.1 Å². The minimum Gasteiger partial charge on any atom is -0.497 e. The van der Waals surface area contributed by atoms with Gasteiger partial charge in [0.05, 0.1) is 36.4 Å². The molecule has 0 bridgehead atoms. The number of methoxy groups -OCH3 is 1. The Morgan fingerprint density at radius 2 is 2.00 bits per heavy atom. The second-order valence-corrected chi connectivity index (χ2v) is 8.24. The minimum absolute atomic E-state index is 0.132. The number of imidazole rings is 1. The van der Waals surface area contributed by atoms with Gasteiger partial charge in [-0.05, 0) is 44.0 Å². The lowest BCUT2D eigenvalue weighted by molar-refractivity contribution is 0.191. The first-order valence-electron chi connectivity index (χ1n) is 11.1. The van der Waals surface area contributed by atoms with Gasteiger partial charge < -0.3 is 19.4 Å². The second-order valence-electron chi connectivity index (χ2n) is 8.24. The molecular weight excluding hydrogens is 416 g/mol. The van der Waals surface area contributed by atoms with Crippen LogP contribution in [-0.2, 0) is 0 Å². The second kappa shape index (κ2) is 8.90. The minimum atomic E-state index is -0.138. The van der Waals surface area contributed by atoms with Crippen molar-refractivity contribution in [3.05, 3.63) is 72.7 Å². The Kier molecular flexibility index (Phi) is 5.64. The van der Waals surface area contributed by atoms with E-state index < -0.39 is 0 Å². The molecule has 1 N–H and O–H groups in total. The Morgan fingerprint density at radius 3 is 2.82 bits per heavy atom. The van der Waals surface area contributed by atoms with Crippen molar-refractivity contribution in [2.75, 3.05) is 25.5 Å². The topological polar surface area (TPSA) is 84.6 Å². The van der Waals surface area contributed by atoms with E-state index in [1.165, 1.54) is 0 Å². The van der Waals surface area contributed by atoms with Crippen molar-refractivity contribution in [1.29, 1.82) is 0 Å². The van der Waals surface area contributed by atoms with Gasteiger partial charge in [-0.2, -0.15) is 0 Å². The molecule has 4 aromatic rings. The molecular formula is C25H26N6O2. The number of hydrogen-bond acceptors (Lipinski definition) is 5. The molecule has 4 heterocycles. The van der Waals surface area contributed by atoms with Gasteiger partial charge in [0, 0.05) is 30.8 Å². The Balaban J connectivity index is 1.43. The number of urea groups is 1. The Morgan fingerprint density at radius 1 is 1.15 bits per heavy atom. The summed E-state index contributed by atoms with van der Waals surface area (Å²) in [6, 6.07) is 13.9. The molecule has 1 saturated heterocycles. The molecule has 3 aromatic heterocycles. The predicted molar refractivity (Wildman–Crippen MR) is 127 cm³/mol. The summed E-state index contributed by atoms with van der Waals surface area (Å²) in [5.74, 6) is 2.57.